The molecule has 1 aliphatic heterocycles. The summed E-state index contributed by atoms with van der Waals surface area (Å²) >= 11 is 3.51. The molecule has 0 saturated carbocycles. The molecule has 1 heterocycles. The van der Waals surface area contributed by atoms with E-state index in [9.17, 15) is 14.0 Å². The molecule has 0 aromatic heterocycles. The molecule has 2 aromatic carbocycles. The van der Waals surface area contributed by atoms with Crippen LogP contribution in [0, 0.1) is 5.82 Å². The number of ketones is 1. The highest BCUT2D eigenvalue weighted by molar-refractivity contribution is 9.10. The fourth-order valence-electron chi connectivity index (χ4n) is 3.95. The molecule has 8 heteroatoms. The van der Waals surface area contributed by atoms with Crippen LogP contribution in [0.1, 0.15) is 36.3 Å². The van der Waals surface area contributed by atoms with Gasteiger partial charge in [-0.25, -0.2) is 9.18 Å². The summed E-state index contributed by atoms with van der Waals surface area (Å²) in [5, 5.41) is 0. The number of benzene rings is 2. The third-order valence-corrected chi connectivity index (χ3v) is 6.11. The van der Waals surface area contributed by atoms with E-state index in [4.69, 9.17) is 19.9 Å². The molecule has 0 radical (unpaired) electrons. The average molecular weight is 502 g/mol. The van der Waals surface area contributed by atoms with Gasteiger partial charge in [0.05, 0.1) is 17.5 Å². The lowest BCUT2D eigenvalue weighted by Gasteiger charge is -2.32. The Labute approximate surface area is 193 Å². The van der Waals surface area contributed by atoms with Crippen molar-refractivity contribution in [2.75, 3.05) is 7.11 Å². The summed E-state index contributed by atoms with van der Waals surface area (Å²) in [6, 6.07) is 11.4. The number of methoxy groups -OCH3 is 1. The second-order valence-corrected chi connectivity index (χ2v) is 8.38. The summed E-state index contributed by atoms with van der Waals surface area (Å²) < 4.78 is 30.1. The topological polar surface area (TPSA) is 87.9 Å². The lowest BCUT2D eigenvalue weighted by molar-refractivity contribution is -0.136. The molecule has 0 amide bonds. The van der Waals surface area contributed by atoms with Crippen LogP contribution in [0.25, 0.3) is 0 Å². The van der Waals surface area contributed by atoms with E-state index in [1.54, 1.807) is 30.3 Å². The number of carbonyl (C=O) groups is 2. The van der Waals surface area contributed by atoms with E-state index in [0.29, 0.717) is 46.4 Å². The van der Waals surface area contributed by atoms with E-state index in [1.807, 2.05) is 0 Å². The van der Waals surface area contributed by atoms with Crippen LogP contribution in [0.15, 0.2) is 69.7 Å². The lowest BCUT2D eigenvalue weighted by atomic mass is 9.77. The summed E-state index contributed by atoms with van der Waals surface area (Å²) in [7, 11) is 1.26. The molecule has 4 rings (SSSR count). The van der Waals surface area contributed by atoms with Crippen LogP contribution < -0.4 is 10.5 Å². The number of nitrogens with two attached hydrogens (primary N) is 1. The number of hydrogen-bond donors (Lipinski definition) is 1. The first-order valence-corrected chi connectivity index (χ1v) is 10.9. The minimum absolute atomic E-state index is 0.0527. The average Bonchev–Trinajstić information content (AvgIpc) is 2.78. The van der Waals surface area contributed by atoms with Gasteiger partial charge in [-0.3, -0.25) is 4.79 Å². The summed E-state index contributed by atoms with van der Waals surface area (Å²) in [4.78, 5) is 25.3. The zero-order valence-corrected chi connectivity index (χ0v) is 18.9. The Balaban J connectivity index is 1.67. The Morgan fingerprint density at radius 1 is 1.22 bits per heavy atom. The van der Waals surface area contributed by atoms with E-state index in [-0.39, 0.29) is 29.7 Å². The van der Waals surface area contributed by atoms with Gasteiger partial charge >= 0.3 is 5.97 Å². The standard InChI is InChI=1S/C24H21BrFNO5/c1-30-24(29)22-20(21-17(28)3-2-4-19(21)32-23(22)27)14-7-10-18(16(25)11-14)31-12-13-5-8-15(26)9-6-13/h5-11,20H,2-4,12,27H2,1H3/t20-/m0/s1. The molecule has 0 fully saturated rings. The summed E-state index contributed by atoms with van der Waals surface area (Å²) in [5.74, 6) is -0.710. The molecule has 32 heavy (non-hydrogen) atoms. The fourth-order valence-corrected chi connectivity index (χ4v) is 4.46. The molecular formula is C24H21BrFNO5. The first-order chi connectivity index (χ1) is 15.4. The monoisotopic (exact) mass is 501 g/mol. The lowest BCUT2D eigenvalue weighted by Crippen LogP contribution is -2.31. The van der Waals surface area contributed by atoms with Crippen LogP contribution in [0.3, 0.4) is 0 Å². The van der Waals surface area contributed by atoms with Crippen LogP contribution in [0.2, 0.25) is 0 Å². The zero-order valence-electron chi connectivity index (χ0n) is 17.3. The summed E-state index contributed by atoms with van der Waals surface area (Å²) in [5.41, 5.74) is 8.12. The fraction of sp³-hybridized carbons (Fsp3) is 0.250. The van der Waals surface area contributed by atoms with Crippen LogP contribution in [0.5, 0.6) is 5.75 Å². The molecule has 0 spiro atoms. The third-order valence-electron chi connectivity index (χ3n) is 5.49. The van der Waals surface area contributed by atoms with E-state index < -0.39 is 11.9 Å². The minimum atomic E-state index is -0.693. The molecule has 6 nitrogen and oxygen atoms in total. The molecule has 0 unspecified atom stereocenters. The van der Waals surface area contributed by atoms with Gasteiger partial charge in [-0.15, -0.1) is 0 Å². The van der Waals surface area contributed by atoms with Gasteiger partial charge in [-0.2, -0.15) is 0 Å². The van der Waals surface area contributed by atoms with Crippen molar-refractivity contribution in [2.24, 2.45) is 5.73 Å². The molecule has 1 atom stereocenters. The highest BCUT2D eigenvalue weighted by Crippen LogP contribution is 2.45. The van der Waals surface area contributed by atoms with Gasteiger partial charge < -0.3 is 19.9 Å². The van der Waals surface area contributed by atoms with E-state index in [1.165, 1.54) is 19.2 Å². The van der Waals surface area contributed by atoms with E-state index in [2.05, 4.69) is 15.9 Å². The largest absolute Gasteiger partial charge is 0.488 e. The van der Waals surface area contributed by atoms with Crippen LogP contribution in [0.4, 0.5) is 4.39 Å². The predicted molar refractivity (Wildman–Crippen MR) is 118 cm³/mol. The number of Topliss-reactive ketones (excluding diaryl/α,β-unsaturated/α-hetero) is 1. The predicted octanol–water partition coefficient (Wildman–Crippen LogP) is 4.63. The van der Waals surface area contributed by atoms with E-state index in [0.717, 1.165) is 5.56 Å². The Kier molecular flexibility index (Phi) is 6.32. The number of esters is 1. The van der Waals surface area contributed by atoms with Gasteiger partial charge in [0, 0.05) is 18.4 Å². The van der Waals surface area contributed by atoms with Gasteiger partial charge in [-0.1, -0.05) is 18.2 Å². The number of hydrogen-bond acceptors (Lipinski definition) is 6. The molecule has 0 saturated heterocycles. The SMILES string of the molecule is COC(=O)C1=C(N)OC2=C(C(=O)CCC2)[C@@H]1c1ccc(OCc2ccc(F)cc2)c(Br)c1. The normalized spacial score (nSPS) is 18.2. The van der Waals surface area contributed by atoms with Gasteiger partial charge in [0.1, 0.15) is 29.5 Å². The number of carbonyl (C=O) groups excluding carboxylic acids is 2. The first-order valence-electron chi connectivity index (χ1n) is 10.1. The van der Waals surface area contributed by atoms with Gasteiger partial charge in [0.25, 0.3) is 0 Å². The maximum absolute atomic E-state index is 13.1. The quantitative estimate of drug-likeness (QED) is 0.600. The molecule has 2 aliphatic rings. The second kappa shape index (κ2) is 9.16. The molecule has 1 aliphatic carbocycles. The second-order valence-electron chi connectivity index (χ2n) is 7.52. The van der Waals surface area contributed by atoms with E-state index >= 15 is 0 Å². The third kappa shape index (κ3) is 4.27. The maximum atomic E-state index is 13.1. The smallest absolute Gasteiger partial charge is 0.340 e. The van der Waals surface area contributed by atoms with Gasteiger partial charge in [0.15, 0.2) is 5.78 Å². The van der Waals surface area contributed by atoms with Crippen molar-refractivity contribution in [2.45, 2.75) is 31.8 Å². The Morgan fingerprint density at radius 2 is 1.97 bits per heavy atom. The van der Waals surface area contributed by atoms with Crippen molar-refractivity contribution in [3.05, 3.63) is 86.7 Å². The highest BCUT2D eigenvalue weighted by Gasteiger charge is 2.41. The highest BCUT2D eigenvalue weighted by atomic mass is 79.9. The molecule has 166 valence electrons. The number of rotatable bonds is 5. The molecular weight excluding hydrogens is 481 g/mol. The van der Waals surface area contributed by atoms with Crippen molar-refractivity contribution >= 4 is 27.7 Å². The van der Waals surface area contributed by atoms with Gasteiger partial charge in [-0.05, 0) is 57.7 Å². The maximum Gasteiger partial charge on any atom is 0.340 e. The summed E-state index contributed by atoms with van der Waals surface area (Å²) in [6.07, 6.45) is 1.63. The van der Waals surface area contributed by atoms with Crippen molar-refractivity contribution < 1.29 is 28.2 Å². The van der Waals surface area contributed by atoms with Crippen molar-refractivity contribution in [1.29, 1.82) is 0 Å². The van der Waals surface area contributed by atoms with Gasteiger partial charge in [0.2, 0.25) is 5.88 Å². The first kappa shape index (κ1) is 22.1. The van der Waals surface area contributed by atoms with Crippen molar-refractivity contribution in [1.82, 2.24) is 0 Å². The van der Waals surface area contributed by atoms with Crippen LogP contribution in [-0.2, 0) is 25.7 Å². The van der Waals surface area contributed by atoms with Crippen LogP contribution >= 0.6 is 15.9 Å². The summed E-state index contributed by atoms with van der Waals surface area (Å²) in [6.45, 7) is 0.254. The number of ether oxygens (including phenoxy) is 3. The Bertz CT molecular complexity index is 1140. The number of halogens is 2. The zero-order chi connectivity index (χ0) is 22.8. The van der Waals surface area contributed by atoms with Crippen LogP contribution in [-0.4, -0.2) is 18.9 Å². The molecule has 2 aromatic rings. The molecule has 2 N–H and O–H groups in total. The number of allylic oxidation sites excluding steroid dienone is 2. The van der Waals surface area contributed by atoms with Crippen molar-refractivity contribution in [3.8, 4) is 5.75 Å². The Hall–Kier alpha value is -3.13. The molecule has 0 bridgehead atoms. The van der Waals surface area contributed by atoms with Crippen molar-refractivity contribution in [3.63, 3.8) is 0 Å². The Morgan fingerprint density at radius 3 is 2.66 bits per heavy atom. The minimum Gasteiger partial charge on any atom is -0.488 e.